The van der Waals surface area contributed by atoms with Crippen LogP contribution in [0.5, 0.6) is 0 Å². The molecule has 0 spiro atoms. The number of ether oxygens (including phenoxy) is 3. The fourth-order valence-electron chi connectivity index (χ4n) is 6.43. The van der Waals surface area contributed by atoms with Crippen LogP contribution in [0.1, 0.15) is 54.9 Å². The Bertz CT molecular complexity index is 1670. The van der Waals surface area contributed by atoms with Crippen molar-refractivity contribution in [3.8, 4) is 0 Å². The summed E-state index contributed by atoms with van der Waals surface area (Å²) in [5, 5.41) is 12.3. The van der Waals surface area contributed by atoms with Crippen LogP contribution in [0.25, 0.3) is 11.0 Å². The number of carbonyl (C=O) groups excluding carboxylic acids is 1. The molecular formula is C35H40N4O6. The van der Waals surface area contributed by atoms with Gasteiger partial charge in [0.25, 0.3) is 0 Å². The highest BCUT2D eigenvalue weighted by Gasteiger charge is 2.39. The molecule has 10 nitrogen and oxygen atoms in total. The third kappa shape index (κ3) is 6.89. The van der Waals surface area contributed by atoms with E-state index < -0.39 is 12.4 Å². The van der Waals surface area contributed by atoms with E-state index in [1.807, 2.05) is 71.3 Å². The van der Waals surface area contributed by atoms with Gasteiger partial charge in [-0.2, -0.15) is 0 Å². The number of para-hydroxylation sites is 2. The van der Waals surface area contributed by atoms with E-state index in [9.17, 15) is 14.7 Å². The Morgan fingerprint density at radius 3 is 2.60 bits per heavy atom. The first-order valence-electron chi connectivity index (χ1n) is 15.5. The number of likely N-dealkylation sites (tertiary alicyclic amines) is 1. The number of nitrogens with zero attached hydrogens (tertiary/aromatic N) is 2. The molecule has 0 bridgehead atoms. The standard InChI is InChI=1S/C35H40N4O6/c1-3-19-43-35(42)36-27-8-6-7-26(20-27)33-44-31(23(2)32(45-33)25-13-11-24(22-40)12-14-25)21-38-17-15-28(16-18-38)39-30-10-5-4-9-29(30)37-34(39)41/h3-14,20,23,28,31-33,40H,1,15-19,21-22H2,2H3,(H,36,42)(H,37,41). The quantitative estimate of drug-likeness (QED) is 0.208. The van der Waals surface area contributed by atoms with Gasteiger partial charge in [-0.3, -0.25) is 9.88 Å². The molecule has 6 rings (SSSR count). The summed E-state index contributed by atoms with van der Waals surface area (Å²) in [7, 11) is 0. The van der Waals surface area contributed by atoms with Crippen LogP contribution in [-0.4, -0.2) is 58.0 Å². The number of anilines is 1. The number of aliphatic hydroxyl groups excluding tert-OH is 1. The first-order valence-corrected chi connectivity index (χ1v) is 15.5. The Hall–Kier alpha value is -4.22. The first kappa shape index (κ1) is 30.8. The van der Waals surface area contributed by atoms with Gasteiger partial charge in [0.2, 0.25) is 0 Å². The van der Waals surface area contributed by atoms with E-state index in [2.05, 4.69) is 28.7 Å². The molecule has 0 aliphatic carbocycles. The van der Waals surface area contributed by atoms with Gasteiger partial charge in [-0.25, -0.2) is 9.59 Å². The summed E-state index contributed by atoms with van der Waals surface area (Å²) >= 11 is 0. The van der Waals surface area contributed by atoms with E-state index in [-0.39, 0.29) is 43.1 Å². The lowest BCUT2D eigenvalue weighted by Crippen LogP contribution is -2.47. The van der Waals surface area contributed by atoms with Crippen molar-refractivity contribution in [1.82, 2.24) is 14.5 Å². The molecule has 2 fully saturated rings. The van der Waals surface area contributed by atoms with Gasteiger partial charge in [-0.15, -0.1) is 0 Å². The number of aromatic nitrogens is 2. The number of rotatable bonds is 9. The molecule has 0 saturated carbocycles. The maximum atomic E-state index is 12.8. The predicted octanol–water partition coefficient (Wildman–Crippen LogP) is 5.68. The van der Waals surface area contributed by atoms with Crippen LogP contribution in [0.15, 0.2) is 90.2 Å². The molecule has 2 saturated heterocycles. The Labute approximate surface area is 262 Å². The van der Waals surface area contributed by atoms with E-state index in [4.69, 9.17) is 14.2 Å². The zero-order valence-corrected chi connectivity index (χ0v) is 25.4. The third-order valence-corrected chi connectivity index (χ3v) is 8.85. The topological polar surface area (TPSA) is 118 Å². The second kappa shape index (κ2) is 13.8. The van der Waals surface area contributed by atoms with Crippen molar-refractivity contribution >= 4 is 22.8 Å². The zero-order valence-electron chi connectivity index (χ0n) is 25.4. The van der Waals surface area contributed by atoms with Gasteiger partial charge in [-0.05, 0) is 48.2 Å². The Kier molecular flexibility index (Phi) is 9.46. The van der Waals surface area contributed by atoms with Crippen molar-refractivity contribution in [2.75, 3.05) is 31.6 Å². The van der Waals surface area contributed by atoms with Crippen LogP contribution in [-0.2, 0) is 20.8 Å². The molecule has 1 amide bonds. The molecule has 3 N–H and O–H groups in total. The summed E-state index contributed by atoms with van der Waals surface area (Å²) in [6, 6.07) is 23.2. The lowest BCUT2D eigenvalue weighted by atomic mass is 9.89. The van der Waals surface area contributed by atoms with Gasteiger partial charge in [0.05, 0.1) is 29.8 Å². The summed E-state index contributed by atoms with van der Waals surface area (Å²) in [5.74, 6) is 0.0328. The second-order valence-corrected chi connectivity index (χ2v) is 11.8. The number of H-pyrrole nitrogens is 1. The molecule has 3 heterocycles. The van der Waals surface area contributed by atoms with E-state index in [0.717, 1.165) is 53.7 Å². The lowest BCUT2D eigenvalue weighted by Gasteiger charge is -2.44. The Balaban J connectivity index is 1.19. The van der Waals surface area contributed by atoms with Gasteiger partial charge in [-0.1, -0.05) is 68.1 Å². The minimum Gasteiger partial charge on any atom is -0.445 e. The highest BCUT2D eigenvalue weighted by molar-refractivity contribution is 5.84. The molecule has 10 heteroatoms. The Morgan fingerprint density at radius 2 is 1.84 bits per heavy atom. The SMILES string of the molecule is C=CCOC(=O)Nc1cccc(C2OC(CN3CCC(n4c(=O)[nH]c5ccccc54)CC3)C(C)C(c3ccc(CO)cc3)O2)c1. The number of aliphatic hydroxyl groups is 1. The van der Waals surface area contributed by atoms with Crippen molar-refractivity contribution in [2.45, 2.75) is 50.9 Å². The molecule has 236 valence electrons. The van der Waals surface area contributed by atoms with Crippen molar-refractivity contribution in [3.05, 3.63) is 113 Å². The van der Waals surface area contributed by atoms with Gasteiger partial charge >= 0.3 is 11.8 Å². The summed E-state index contributed by atoms with van der Waals surface area (Å²) in [6.07, 6.45) is 1.62. The molecule has 45 heavy (non-hydrogen) atoms. The number of benzene rings is 3. The third-order valence-electron chi connectivity index (χ3n) is 8.85. The van der Waals surface area contributed by atoms with Crippen molar-refractivity contribution in [1.29, 1.82) is 0 Å². The van der Waals surface area contributed by atoms with Crippen molar-refractivity contribution < 1.29 is 24.1 Å². The summed E-state index contributed by atoms with van der Waals surface area (Å²) in [6.45, 7) is 8.22. The fourth-order valence-corrected chi connectivity index (χ4v) is 6.43. The molecule has 4 atom stereocenters. The number of amides is 1. The van der Waals surface area contributed by atoms with Gasteiger partial charge in [0, 0.05) is 42.8 Å². The molecule has 3 aromatic carbocycles. The maximum absolute atomic E-state index is 12.8. The number of imidazole rings is 1. The number of nitrogens with one attached hydrogen (secondary N) is 2. The van der Waals surface area contributed by atoms with Gasteiger partial charge in [0.1, 0.15) is 6.61 Å². The molecule has 2 aliphatic heterocycles. The number of aromatic amines is 1. The maximum Gasteiger partial charge on any atom is 0.411 e. The van der Waals surface area contributed by atoms with E-state index in [1.54, 1.807) is 6.07 Å². The summed E-state index contributed by atoms with van der Waals surface area (Å²) in [5.41, 5.74) is 4.96. The average Bonchev–Trinajstić information content (AvgIpc) is 3.41. The minimum atomic E-state index is -0.665. The number of fused-ring (bicyclic) bond motifs is 1. The highest BCUT2D eigenvalue weighted by Crippen LogP contribution is 2.42. The molecular weight excluding hydrogens is 572 g/mol. The fraction of sp³-hybridized carbons (Fsp3) is 0.371. The summed E-state index contributed by atoms with van der Waals surface area (Å²) in [4.78, 5) is 30.4. The van der Waals surface area contributed by atoms with Crippen molar-refractivity contribution in [3.63, 3.8) is 0 Å². The number of carbonyl (C=O) groups is 1. The van der Waals surface area contributed by atoms with E-state index in [1.165, 1.54) is 6.08 Å². The largest absolute Gasteiger partial charge is 0.445 e. The van der Waals surface area contributed by atoms with E-state index >= 15 is 0 Å². The van der Waals surface area contributed by atoms with Crippen LogP contribution in [0.3, 0.4) is 0 Å². The van der Waals surface area contributed by atoms with Crippen LogP contribution < -0.4 is 11.0 Å². The van der Waals surface area contributed by atoms with E-state index in [0.29, 0.717) is 12.2 Å². The second-order valence-electron chi connectivity index (χ2n) is 11.8. The lowest BCUT2D eigenvalue weighted by molar-refractivity contribution is -0.276. The summed E-state index contributed by atoms with van der Waals surface area (Å²) < 4.78 is 20.3. The van der Waals surface area contributed by atoms with Crippen LogP contribution in [0.2, 0.25) is 0 Å². The Morgan fingerprint density at radius 1 is 1.07 bits per heavy atom. The molecule has 1 aromatic heterocycles. The minimum absolute atomic E-state index is 0.0224. The molecule has 2 aliphatic rings. The first-order chi connectivity index (χ1) is 21.9. The molecule has 0 radical (unpaired) electrons. The van der Waals surface area contributed by atoms with Crippen LogP contribution >= 0.6 is 0 Å². The average molecular weight is 613 g/mol. The van der Waals surface area contributed by atoms with Gasteiger partial charge < -0.3 is 29.2 Å². The highest BCUT2D eigenvalue weighted by atomic mass is 16.7. The number of hydrogen-bond donors (Lipinski definition) is 3. The number of piperidine rings is 1. The monoisotopic (exact) mass is 612 g/mol. The number of hydrogen-bond acceptors (Lipinski definition) is 7. The molecule has 4 aromatic rings. The van der Waals surface area contributed by atoms with Crippen molar-refractivity contribution in [2.24, 2.45) is 5.92 Å². The normalized spacial score (nSPS) is 22.7. The predicted molar refractivity (Wildman–Crippen MR) is 172 cm³/mol. The molecule has 4 unspecified atom stereocenters. The van der Waals surface area contributed by atoms with Crippen LogP contribution in [0.4, 0.5) is 10.5 Å². The smallest absolute Gasteiger partial charge is 0.411 e. The zero-order chi connectivity index (χ0) is 31.3. The van der Waals surface area contributed by atoms with Gasteiger partial charge in [0.15, 0.2) is 6.29 Å². The van der Waals surface area contributed by atoms with Crippen LogP contribution in [0, 0.1) is 5.92 Å².